The molecule has 2 aromatic carbocycles. The van der Waals surface area contributed by atoms with Crippen molar-refractivity contribution in [1.29, 1.82) is 0 Å². The molecule has 0 unspecified atom stereocenters. The van der Waals surface area contributed by atoms with E-state index < -0.39 is 0 Å². The van der Waals surface area contributed by atoms with E-state index in [0.717, 1.165) is 71.5 Å². The quantitative estimate of drug-likeness (QED) is 0.591. The number of anilines is 1. The van der Waals surface area contributed by atoms with Crippen LogP contribution in [-0.2, 0) is 6.42 Å². The van der Waals surface area contributed by atoms with E-state index in [1.807, 2.05) is 4.90 Å². The van der Waals surface area contributed by atoms with Crippen molar-refractivity contribution in [2.24, 2.45) is 0 Å². The lowest BCUT2D eigenvalue weighted by Gasteiger charge is -2.39. The first-order valence-corrected chi connectivity index (χ1v) is 12.5. The van der Waals surface area contributed by atoms with E-state index in [2.05, 4.69) is 45.4 Å². The monoisotopic (exact) mass is 452 g/mol. The molecule has 2 amide bonds. The average molecular weight is 453 g/mol. The van der Waals surface area contributed by atoms with Gasteiger partial charge in [-0.2, -0.15) is 0 Å². The molecule has 2 saturated heterocycles. The van der Waals surface area contributed by atoms with E-state index in [1.165, 1.54) is 30.5 Å². The maximum atomic E-state index is 13.6. The summed E-state index contributed by atoms with van der Waals surface area (Å²) < 4.78 is 13.6. The average Bonchev–Trinajstić information content (AvgIpc) is 3.35. The van der Waals surface area contributed by atoms with Crippen LogP contribution in [0, 0.1) is 5.82 Å². The third kappa shape index (κ3) is 7.27. The van der Waals surface area contributed by atoms with Crippen molar-refractivity contribution in [3.8, 4) is 0 Å². The number of urea groups is 1. The fourth-order valence-corrected chi connectivity index (χ4v) is 5.07. The van der Waals surface area contributed by atoms with E-state index in [9.17, 15) is 9.18 Å². The highest BCUT2D eigenvalue weighted by Gasteiger charge is 2.28. The van der Waals surface area contributed by atoms with E-state index in [0.29, 0.717) is 5.69 Å². The summed E-state index contributed by atoms with van der Waals surface area (Å²) >= 11 is 0. The number of carbonyl (C=O) groups excluding carboxylic acids is 1. The second kappa shape index (κ2) is 12.1. The van der Waals surface area contributed by atoms with E-state index in [4.69, 9.17) is 0 Å². The summed E-state index contributed by atoms with van der Waals surface area (Å²) in [6, 6.07) is 16.9. The minimum atomic E-state index is -0.333. The molecule has 33 heavy (non-hydrogen) atoms. The smallest absolute Gasteiger partial charge is 0.320 e. The van der Waals surface area contributed by atoms with Gasteiger partial charge in [-0.15, -0.1) is 0 Å². The van der Waals surface area contributed by atoms with Gasteiger partial charge in [-0.1, -0.05) is 36.4 Å². The largest absolute Gasteiger partial charge is 0.322 e. The molecule has 2 aliphatic heterocycles. The predicted molar refractivity (Wildman–Crippen MR) is 132 cm³/mol. The van der Waals surface area contributed by atoms with Crippen LogP contribution in [0.2, 0.25) is 0 Å². The first-order chi connectivity index (χ1) is 16.2. The van der Waals surface area contributed by atoms with Crippen molar-refractivity contribution in [3.05, 3.63) is 66.0 Å². The molecule has 2 fully saturated rings. The number of benzene rings is 2. The summed E-state index contributed by atoms with van der Waals surface area (Å²) in [5.41, 5.74) is 1.92. The summed E-state index contributed by atoms with van der Waals surface area (Å²) in [4.78, 5) is 20.2. The normalized spacial score (nSPS) is 17.8. The lowest BCUT2D eigenvalue weighted by atomic mass is 10.0. The number of rotatable bonds is 9. The molecule has 0 atom stereocenters. The molecular weight excluding hydrogens is 415 g/mol. The third-order valence-electron chi connectivity index (χ3n) is 6.97. The molecule has 2 aliphatic rings. The first-order valence-electron chi connectivity index (χ1n) is 12.5. The van der Waals surface area contributed by atoms with Crippen LogP contribution in [0.5, 0.6) is 0 Å². The van der Waals surface area contributed by atoms with Gasteiger partial charge in [-0.25, -0.2) is 9.18 Å². The number of piperidine rings is 1. The number of hydrogen-bond acceptors (Lipinski definition) is 3. The van der Waals surface area contributed by atoms with Gasteiger partial charge in [0, 0.05) is 37.9 Å². The Labute approximate surface area is 197 Å². The number of aryl methyl sites for hydroxylation is 1. The van der Waals surface area contributed by atoms with Gasteiger partial charge in [0.05, 0.1) is 0 Å². The van der Waals surface area contributed by atoms with Crippen LogP contribution >= 0.6 is 0 Å². The SMILES string of the molecule is O=C(Nc1cccc(F)c1)N(CCN1CCCC1)C1CCN(CCCc2ccccc2)CC1. The molecule has 2 heterocycles. The Kier molecular flexibility index (Phi) is 8.72. The fraction of sp³-hybridized carbons (Fsp3) is 0.519. The molecule has 1 N–H and O–H groups in total. The number of carbonyl (C=O) groups is 1. The lowest BCUT2D eigenvalue weighted by Crippen LogP contribution is -2.51. The summed E-state index contributed by atoms with van der Waals surface area (Å²) in [6.45, 7) is 7.02. The molecule has 6 heteroatoms. The zero-order valence-corrected chi connectivity index (χ0v) is 19.6. The van der Waals surface area contributed by atoms with Gasteiger partial charge in [0.2, 0.25) is 0 Å². The Hall–Kier alpha value is -2.44. The molecule has 0 aromatic heterocycles. The minimum absolute atomic E-state index is 0.109. The molecule has 178 valence electrons. The molecular formula is C27H37FN4O. The fourth-order valence-electron chi connectivity index (χ4n) is 5.07. The van der Waals surface area contributed by atoms with Crippen molar-refractivity contribution in [2.75, 3.05) is 51.1 Å². The van der Waals surface area contributed by atoms with Crippen molar-refractivity contribution in [1.82, 2.24) is 14.7 Å². The van der Waals surface area contributed by atoms with Gasteiger partial charge in [0.25, 0.3) is 0 Å². The van der Waals surface area contributed by atoms with Crippen LogP contribution in [0.15, 0.2) is 54.6 Å². The minimum Gasteiger partial charge on any atom is -0.320 e. The Morgan fingerprint density at radius 2 is 1.67 bits per heavy atom. The molecule has 0 saturated carbocycles. The summed E-state index contributed by atoms with van der Waals surface area (Å²) in [6.07, 6.45) is 6.74. The van der Waals surface area contributed by atoms with Gasteiger partial charge >= 0.3 is 6.03 Å². The molecule has 0 spiro atoms. The van der Waals surface area contributed by atoms with Crippen molar-refractivity contribution in [2.45, 2.75) is 44.6 Å². The van der Waals surface area contributed by atoms with Gasteiger partial charge in [-0.3, -0.25) is 0 Å². The van der Waals surface area contributed by atoms with Crippen LogP contribution in [0.1, 0.15) is 37.7 Å². The number of hydrogen-bond donors (Lipinski definition) is 1. The second-order valence-electron chi connectivity index (χ2n) is 9.34. The summed E-state index contributed by atoms with van der Waals surface area (Å²) in [5.74, 6) is -0.333. The van der Waals surface area contributed by atoms with E-state index >= 15 is 0 Å². The molecule has 0 aliphatic carbocycles. The zero-order chi connectivity index (χ0) is 22.9. The highest BCUT2D eigenvalue weighted by molar-refractivity contribution is 5.89. The summed E-state index contributed by atoms with van der Waals surface area (Å²) in [5, 5.41) is 2.93. The van der Waals surface area contributed by atoms with Crippen LogP contribution in [0.4, 0.5) is 14.9 Å². The Morgan fingerprint density at radius 3 is 2.39 bits per heavy atom. The Morgan fingerprint density at radius 1 is 0.939 bits per heavy atom. The van der Waals surface area contributed by atoms with E-state index in [-0.39, 0.29) is 17.9 Å². The number of nitrogens with one attached hydrogen (secondary N) is 1. The number of likely N-dealkylation sites (tertiary alicyclic amines) is 2. The van der Waals surface area contributed by atoms with Crippen LogP contribution in [0.25, 0.3) is 0 Å². The standard InChI is InChI=1S/C27H37FN4O/c28-24-11-6-12-25(22-24)29-27(33)32(21-20-30-15-4-5-16-30)26-13-18-31(19-14-26)17-7-10-23-8-2-1-3-9-23/h1-3,6,8-9,11-12,22,26H,4-5,7,10,13-21H2,(H,29,33). The zero-order valence-electron chi connectivity index (χ0n) is 19.6. The third-order valence-corrected chi connectivity index (χ3v) is 6.97. The van der Waals surface area contributed by atoms with Gasteiger partial charge in [0.15, 0.2) is 0 Å². The first kappa shape index (κ1) is 23.7. The van der Waals surface area contributed by atoms with Gasteiger partial charge < -0.3 is 20.0 Å². The Balaban J connectivity index is 1.29. The summed E-state index contributed by atoms with van der Waals surface area (Å²) in [7, 11) is 0. The van der Waals surface area contributed by atoms with Crippen LogP contribution < -0.4 is 5.32 Å². The van der Waals surface area contributed by atoms with E-state index in [1.54, 1.807) is 12.1 Å². The van der Waals surface area contributed by atoms with Crippen molar-refractivity contribution in [3.63, 3.8) is 0 Å². The van der Waals surface area contributed by atoms with Crippen molar-refractivity contribution < 1.29 is 9.18 Å². The van der Waals surface area contributed by atoms with Gasteiger partial charge in [-0.05, 0) is 81.9 Å². The van der Waals surface area contributed by atoms with Crippen LogP contribution in [0.3, 0.4) is 0 Å². The second-order valence-corrected chi connectivity index (χ2v) is 9.34. The highest BCUT2D eigenvalue weighted by Crippen LogP contribution is 2.20. The Bertz CT molecular complexity index is 863. The highest BCUT2D eigenvalue weighted by atomic mass is 19.1. The van der Waals surface area contributed by atoms with Crippen LogP contribution in [-0.4, -0.2) is 72.6 Å². The molecule has 4 rings (SSSR count). The molecule has 0 radical (unpaired) electrons. The number of nitrogens with zero attached hydrogens (tertiary/aromatic N) is 3. The topological polar surface area (TPSA) is 38.8 Å². The number of amides is 2. The van der Waals surface area contributed by atoms with Gasteiger partial charge in [0.1, 0.15) is 5.82 Å². The number of halogens is 1. The molecule has 0 bridgehead atoms. The molecule has 5 nitrogen and oxygen atoms in total. The predicted octanol–water partition coefficient (Wildman–Crippen LogP) is 4.85. The lowest BCUT2D eigenvalue weighted by molar-refractivity contribution is 0.119. The maximum Gasteiger partial charge on any atom is 0.322 e. The maximum absolute atomic E-state index is 13.6. The molecule has 2 aromatic rings. The van der Waals surface area contributed by atoms with Crippen molar-refractivity contribution >= 4 is 11.7 Å².